The topological polar surface area (TPSA) is 29.5 Å². The van der Waals surface area contributed by atoms with Gasteiger partial charge in [-0.2, -0.15) is 11.3 Å². The van der Waals surface area contributed by atoms with Gasteiger partial charge in [0.05, 0.1) is 0 Å². The lowest BCUT2D eigenvalue weighted by Gasteiger charge is -2.20. The quantitative estimate of drug-likeness (QED) is 0.860. The molecule has 1 amide bonds. The fraction of sp³-hybridized carbons (Fsp3) is 0.267. The SMILES string of the molecule is CN(Cc1ccsc1)C(=O)[C@@H]1Cc2ccccc2O1. The Hall–Kier alpha value is -1.81. The molecule has 1 aromatic heterocycles. The van der Waals surface area contributed by atoms with Gasteiger partial charge in [-0.1, -0.05) is 18.2 Å². The molecule has 2 aromatic rings. The molecule has 0 bridgehead atoms. The molecule has 0 N–H and O–H groups in total. The number of nitrogens with zero attached hydrogens (tertiary/aromatic N) is 1. The van der Waals surface area contributed by atoms with E-state index in [9.17, 15) is 4.79 Å². The molecule has 4 heteroatoms. The highest BCUT2D eigenvalue weighted by molar-refractivity contribution is 7.07. The minimum absolute atomic E-state index is 0.0439. The van der Waals surface area contributed by atoms with Crippen molar-refractivity contribution < 1.29 is 9.53 Å². The number of ether oxygens (including phenoxy) is 1. The van der Waals surface area contributed by atoms with Gasteiger partial charge >= 0.3 is 0 Å². The summed E-state index contributed by atoms with van der Waals surface area (Å²) in [6, 6.07) is 9.88. The number of benzene rings is 1. The molecule has 3 nitrogen and oxygen atoms in total. The van der Waals surface area contributed by atoms with Gasteiger partial charge in [-0.25, -0.2) is 0 Å². The second-order valence-corrected chi connectivity index (χ2v) is 5.52. The van der Waals surface area contributed by atoms with Crippen LogP contribution in [0.2, 0.25) is 0 Å². The number of thiophene rings is 1. The van der Waals surface area contributed by atoms with Crippen LogP contribution in [0.25, 0.3) is 0 Å². The molecular formula is C15H15NO2S. The van der Waals surface area contributed by atoms with E-state index >= 15 is 0 Å². The number of hydrogen-bond donors (Lipinski definition) is 0. The monoisotopic (exact) mass is 273 g/mol. The predicted octanol–water partition coefficient (Wildman–Crippen LogP) is 2.71. The molecule has 19 heavy (non-hydrogen) atoms. The molecule has 0 unspecified atom stereocenters. The number of likely N-dealkylation sites (N-methyl/N-ethyl adjacent to an activating group) is 1. The van der Waals surface area contributed by atoms with Gasteiger partial charge in [0.15, 0.2) is 6.10 Å². The first-order chi connectivity index (χ1) is 9.24. The molecule has 0 aliphatic carbocycles. The van der Waals surface area contributed by atoms with E-state index in [4.69, 9.17) is 4.74 Å². The van der Waals surface area contributed by atoms with Crippen molar-refractivity contribution in [3.05, 3.63) is 52.2 Å². The first-order valence-corrected chi connectivity index (χ1v) is 7.19. The number of carbonyl (C=O) groups excluding carboxylic acids is 1. The minimum Gasteiger partial charge on any atom is -0.480 e. The first kappa shape index (κ1) is 12.2. The minimum atomic E-state index is -0.374. The van der Waals surface area contributed by atoms with Gasteiger partial charge in [0, 0.05) is 20.0 Å². The van der Waals surface area contributed by atoms with Crippen molar-refractivity contribution >= 4 is 17.2 Å². The van der Waals surface area contributed by atoms with Crippen LogP contribution < -0.4 is 4.74 Å². The van der Waals surface area contributed by atoms with Crippen LogP contribution in [-0.4, -0.2) is 24.0 Å². The van der Waals surface area contributed by atoms with Crippen molar-refractivity contribution in [1.29, 1.82) is 0 Å². The van der Waals surface area contributed by atoms with Gasteiger partial charge in [-0.15, -0.1) is 0 Å². The molecule has 0 radical (unpaired) electrons. The van der Waals surface area contributed by atoms with Gasteiger partial charge in [0.1, 0.15) is 5.75 Å². The van der Waals surface area contributed by atoms with Crippen LogP contribution in [0.1, 0.15) is 11.1 Å². The zero-order valence-corrected chi connectivity index (χ0v) is 11.5. The number of amides is 1. The van der Waals surface area contributed by atoms with Gasteiger partial charge in [-0.05, 0) is 34.0 Å². The highest BCUT2D eigenvalue weighted by Gasteiger charge is 2.30. The van der Waals surface area contributed by atoms with Crippen LogP contribution in [0.15, 0.2) is 41.1 Å². The molecule has 1 aromatic carbocycles. The summed E-state index contributed by atoms with van der Waals surface area (Å²) >= 11 is 1.65. The standard InChI is InChI=1S/C15H15NO2S/c1-16(9-11-6-7-19-10-11)15(17)14-8-12-4-2-3-5-13(12)18-14/h2-7,10,14H,8-9H2,1H3/t14-/m0/s1. The van der Waals surface area contributed by atoms with Crippen molar-refractivity contribution in [2.45, 2.75) is 19.1 Å². The Labute approximate surface area is 116 Å². The molecule has 3 rings (SSSR count). The average molecular weight is 273 g/mol. The van der Waals surface area contributed by atoms with E-state index in [1.54, 1.807) is 16.2 Å². The lowest BCUT2D eigenvalue weighted by atomic mass is 10.1. The normalized spacial score (nSPS) is 16.8. The third kappa shape index (κ3) is 2.49. The van der Waals surface area contributed by atoms with E-state index in [-0.39, 0.29) is 12.0 Å². The van der Waals surface area contributed by atoms with E-state index in [2.05, 4.69) is 5.38 Å². The molecule has 0 fully saturated rings. The predicted molar refractivity (Wildman–Crippen MR) is 75.4 cm³/mol. The van der Waals surface area contributed by atoms with Crippen LogP contribution in [0.5, 0.6) is 5.75 Å². The Kier molecular flexibility index (Phi) is 3.25. The molecule has 0 spiro atoms. The second kappa shape index (κ2) is 5.05. The second-order valence-electron chi connectivity index (χ2n) is 4.74. The first-order valence-electron chi connectivity index (χ1n) is 6.24. The molecule has 0 saturated carbocycles. The smallest absolute Gasteiger partial charge is 0.264 e. The van der Waals surface area contributed by atoms with E-state index in [0.717, 1.165) is 16.9 Å². The Morgan fingerprint density at radius 1 is 1.42 bits per heavy atom. The van der Waals surface area contributed by atoms with Crippen LogP contribution in [0, 0.1) is 0 Å². The summed E-state index contributed by atoms with van der Waals surface area (Å²) in [6.45, 7) is 0.637. The number of carbonyl (C=O) groups is 1. The van der Waals surface area contributed by atoms with Gasteiger partial charge < -0.3 is 9.64 Å². The van der Waals surface area contributed by atoms with Crippen LogP contribution >= 0.6 is 11.3 Å². The van der Waals surface area contributed by atoms with Gasteiger partial charge in [-0.3, -0.25) is 4.79 Å². The third-order valence-electron chi connectivity index (χ3n) is 3.30. The summed E-state index contributed by atoms with van der Waals surface area (Å²) in [5.74, 6) is 0.882. The summed E-state index contributed by atoms with van der Waals surface area (Å²) in [7, 11) is 1.83. The summed E-state index contributed by atoms with van der Waals surface area (Å²) in [5, 5.41) is 4.09. The fourth-order valence-corrected chi connectivity index (χ4v) is 2.96. The molecule has 0 saturated heterocycles. The van der Waals surface area contributed by atoms with Crippen molar-refractivity contribution in [3.63, 3.8) is 0 Å². The maximum absolute atomic E-state index is 12.3. The highest BCUT2D eigenvalue weighted by Crippen LogP contribution is 2.29. The Balaban J connectivity index is 1.66. The molecule has 1 atom stereocenters. The fourth-order valence-electron chi connectivity index (χ4n) is 2.30. The van der Waals surface area contributed by atoms with E-state index in [0.29, 0.717) is 13.0 Å². The van der Waals surface area contributed by atoms with Crippen molar-refractivity contribution in [3.8, 4) is 5.75 Å². The van der Waals surface area contributed by atoms with Crippen molar-refractivity contribution in [1.82, 2.24) is 4.90 Å². The molecule has 1 aliphatic heterocycles. The zero-order chi connectivity index (χ0) is 13.2. The van der Waals surface area contributed by atoms with E-state index < -0.39 is 0 Å². The summed E-state index contributed by atoms with van der Waals surface area (Å²) in [4.78, 5) is 14.1. The largest absolute Gasteiger partial charge is 0.480 e. The number of rotatable bonds is 3. The molecule has 98 valence electrons. The maximum atomic E-state index is 12.3. The van der Waals surface area contributed by atoms with Crippen molar-refractivity contribution in [2.75, 3.05) is 7.05 Å². The van der Waals surface area contributed by atoms with Gasteiger partial charge in [0.25, 0.3) is 5.91 Å². The summed E-state index contributed by atoms with van der Waals surface area (Å²) < 4.78 is 5.72. The van der Waals surface area contributed by atoms with Crippen LogP contribution in [-0.2, 0) is 17.8 Å². The number of fused-ring (bicyclic) bond motifs is 1. The molecular weight excluding hydrogens is 258 g/mol. The average Bonchev–Trinajstić information content (AvgIpc) is 3.05. The van der Waals surface area contributed by atoms with E-state index in [1.807, 2.05) is 42.8 Å². The zero-order valence-electron chi connectivity index (χ0n) is 10.7. The Morgan fingerprint density at radius 2 is 2.26 bits per heavy atom. The molecule has 2 heterocycles. The highest BCUT2D eigenvalue weighted by atomic mass is 32.1. The Bertz CT molecular complexity index is 555. The van der Waals surface area contributed by atoms with Gasteiger partial charge in [0.2, 0.25) is 0 Å². The number of hydrogen-bond acceptors (Lipinski definition) is 3. The summed E-state index contributed by atoms with van der Waals surface area (Å²) in [6.07, 6.45) is 0.296. The van der Waals surface area contributed by atoms with E-state index in [1.165, 1.54) is 0 Å². The van der Waals surface area contributed by atoms with Crippen LogP contribution in [0.3, 0.4) is 0 Å². The number of para-hydroxylation sites is 1. The Morgan fingerprint density at radius 3 is 3.00 bits per heavy atom. The van der Waals surface area contributed by atoms with Crippen molar-refractivity contribution in [2.24, 2.45) is 0 Å². The van der Waals surface area contributed by atoms with Crippen LogP contribution in [0.4, 0.5) is 0 Å². The third-order valence-corrected chi connectivity index (χ3v) is 4.03. The molecule has 1 aliphatic rings. The maximum Gasteiger partial charge on any atom is 0.264 e. The lowest BCUT2D eigenvalue weighted by Crippen LogP contribution is -2.38. The summed E-state index contributed by atoms with van der Waals surface area (Å²) in [5.41, 5.74) is 2.28. The lowest BCUT2D eigenvalue weighted by molar-refractivity contribution is -0.137.